The standard InChI is InChI=1S/C11H22O3S/c1-7-8(2)11(6)9(3)10(4,5)14-15(11,12)13/h8-9H,7H2,1-6H3. The summed E-state index contributed by atoms with van der Waals surface area (Å²) >= 11 is 0. The summed E-state index contributed by atoms with van der Waals surface area (Å²) in [4.78, 5) is 0. The lowest BCUT2D eigenvalue weighted by Gasteiger charge is -2.34. The molecule has 0 spiro atoms. The molecule has 1 fully saturated rings. The Morgan fingerprint density at radius 1 is 1.33 bits per heavy atom. The van der Waals surface area contributed by atoms with Crippen LogP contribution in [-0.4, -0.2) is 18.8 Å². The van der Waals surface area contributed by atoms with E-state index >= 15 is 0 Å². The van der Waals surface area contributed by atoms with E-state index in [0.29, 0.717) is 0 Å². The second-order valence-corrected chi connectivity index (χ2v) is 7.31. The first-order chi connectivity index (χ1) is 6.59. The van der Waals surface area contributed by atoms with Gasteiger partial charge >= 0.3 is 0 Å². The van der Waals surface area contributed by atoms with Crippen LogP contribution in [0.5, 0.6) is 0 Å². The van der Waals surface area contributed by atoms with Gasteiger partial charge in [0.25, 0.3) is 10.1 Å². The Kier molecular flexibility index (Phi) is 2.99. The zero-order valence-electron chi connectivity index (χ0n) is 10.5. The molecule has 3 nitrogen and oxygen atoms in total. The molecule has 0 saturated carbocycles. The Morgan fingerprint density at radius 3 is 2.07 bits per heavy atom. The van der Waals surface area contributed by atoms with Gasteiger partial charge < -0.3 is 0 Å². The summed E-state index contributed by atoms with van der Waals surface area (Å²) < 4.78 is 28.7. The zero-order valence-corrected chi connectivity index (χ0v) is 11.3. The Morgan fingerprint density at radius 2 is 1.80 bits per heavy atom. The molecule has 0 aromatic rings. The zero-order chi connectivity index (χ0) is 12.1. The number of hydrogen-bond donors (Lipinski definition) is 0. The number of hydrogen-bond acceptors (Lipinski definition) is 3. The van der Waals surface area contributed by atoms with E-state index in [4.69, 9.17) is 4.18 Å². The van der Waals surface area contributed by atoms with Gasteiger partial charge in [0.1, 0.15) is 4.75 Å². The molecule has 3 atom stereocenters. The first kappa shape index (κ1) is 13.0. The maximum Gasteiger partial charge on any atom is 0.274 e. The fourth-order valence-electron chi connectivity index (χ4n) is 2.43. The summed E-state index contributed by atoms with van der Waals surface area (Å²) in [6.45, 7) is 11.5. The van der Waals surface area contributed by atoms with Gasteiger partial charge in [-0.25, -0.2) is 0 Å². The minimum absolute atomic E-state index is 0.00458. The first-order valence-corrected chi connectivity index (χ1v) is 6.95. The first-order valence-electron chi connectivity index (χ1n) is 5.54. The Hall–Kier alpha value is -0.0900. The van der Waals surface area contributed by atoms with E-state index in [1.807, 2.05) is 41.5 Å². The lowest BCUT2D eigenvalue weighted by atomic mass is 9.75. The maximum absolute atomic E-state index is 12.1. The van der Waals surface area contributed by atoms with Crippen LogP contribution in [0.2, 0.25) is 0 Å². The molecule has 0 aliphatic carbocycles. The summed E-state index contributed by atoms with van der Waals surface area (Å²) in [7, 11) is -3.45. The topological polar surface area (TPSA) is 43.4 Å². The molecule has 0 amide bonds. The molecule has 4 heteroatoms. The molecule has 1 heterocycles. The summed E-state index contributed by atoms with van der Waals surface area (Å²) in [5, 5.41) is 0. The Balaban J connectivity index is 3.29. The van der Waals surface area contributed by atoms with E-state index in [-0.39, 0.29) is 11.8 Å². The SMILES string of the molecule is CCC(C)C1(C)C(C)C(C)(C)OS1(=O)=O. The van der Waals surface area contributed by atoms with Crippen LogP contribution in [0, 0.1) is 11.8 Å². The highest BCUT2D eigenvalue weighted by Crippen LogP contribution is 2.50. The third kappa shape index (κ3) is 1.62. The molecule has 15 heavy (non-hydrogen) atoms. The monoisotopic (exact) mass is 234 g/mol. The van der Waals surface area contributed by atoms with E-state index in [0.717, 1.165) is 6.42 Å². The van der Waals surface area contributed by atoms with Crippen molar-refractivity contribution < 1.29 is 12.6 Å². The lowest BCUT2D eigenvalue weighted by molar-refractivity contribution is 0.0799. The third-order valence-corrected chi connectivity index (χ3v) is 6.84. The van der Waals surface area contributed by atoms with Gasteiger partial charge in [0.2, 0.25) is 0 Å². The van der Waals surface area contributed by atoms with Crippen LogP contribution in [0.3, 0.4) is 0 Å². The smallest absolute Gasteiger partial charge is 0.263 e. The van der Waals surface area contributed by atoms with Gasteiger partial charge in [0.15, 0.2) is 0 Å². The van der Waals surface area contributed by atoms with Crippen molar-refractivity contribution in [2.75, 3.05) is 0 Å². The van der Waals surface area contributed by atoms with Gasteiger partial charge in [-0.3, -0.25) is 4.18 Å². The van der Waals surface area contributed by atoms with Crippen molar-refractivity contribution in [2.45, 2.75) is 58.3 Å². The molecular formula is C11H22O3S. The molecule has 1 aliphatic heterocycles. The van der Waals surface area contributed by atoms with Crippen molar-refractivity contribution in [2.24, 2.45) is 11.8 Å². The normalized spacial score (nSPS) is 40.3. The van der Waals surface area contributed by atoms with Crippen LogP contribution in [0.25, 0.3) is 0 Å². The van der Waals surface area contributed by atoms with Crippen molar-refractivity contribution in [3.63, 3.8) is 0 Å². The summed E-state index contributed by atoms with van der Waals surface area (Å²) in [6, 6.07) is 0. The van der Waals surface area contributed by atoms with Crippen molar-refractivity contribution in [1.82, 2.24) is 0 Å². The second kappa shape index (κ2) is 3.45. The fourth-order valence-corrected chi connectivity index (χ4v) is 4.70. The van der Waals surface area contributed by atoms with E-state index in [1.54, 1.807) is 0 Å². The molecule has 0 aromatic heterocycles. The Bertz CT molecular complexity index is 345. The van der Waals surface area contributed by atoms with Gasteiger partial charge in [-0.05, 0) is 26.7 Å². The van der Waals surface area contributed by atoms with Crippen LogP contribution in [0.1, 0.15) is 48.0 Å². The van der Waals surface area contributed by atoms with Crippen molar-refractivity contribution in [3.8, 4) is 0 Å². The molecule has 1 rings (SSSR count). The number of rotatable bonds is 2. The second-order valence-electron chi connectivity index (χ2n) is 5.36. The molecule has 0 aromatic carbocycles. The molecular weight excluding hydrogens is 212 g/mol. The largest absolute Gasteiger partial charge is 0.274 e. The van der Waals surface area contributed by atoms with Crippen LogP contribution in [-0.2, 0) is 14.3 Å². The van der Waals surface area contributed by atoms with Gasteiger partial charge in [0.05, 0.1) is 5.60 Å². The summed E-state index contributed by atoms with van der Waals surface area (Å²) in [6.07, 6.45) is 0.847. The van der Waals surface area contributed by atoms with Gasteiger partial charge in [-0.1, -0.05) is 27.2 Å². The van der Waals surface area contributed by atoms with Gasteiger partial charge in [-0.2, -0.15) is 8.42 Å². The van der Waals surface area contributed by atoms with Gasteiger partial charge in [-0.15, -0.1) is 0 Å². The van der Waals surface area contributed by atoms with Crippen LogP contribution in [0.15, 0.2) is 0 Å². The molecule has 90 valence electrons. The molecule has 1 saturated heterocycles. The molecule has 1 aliphatic rings. The summed E-state index contributed by atoms with van der Waals surface area (Å²) in [5.41, 5.74) is -0.586. The van der Waals surface area contributed by atoms with E-state index in [9.17, 15) is 8.42 Å². The molecule has 0 N–H and O–H groups in total. The fraction of sp³-hybridized carbons (Fsp3) is 1.00. The minimum atomic E-state index is -3.45. The minimum Gasteiger partial charge on any atom is -0.263 e. The average Bonchev–Trinajstić information content (AvgIpc) is 2.22. The molecule has 0 bridgehead atoms. The predicted molar refractivity (Wildman–Crippen MR) is 61.1 cm³/mol. The van der Waals surface area contributed by atoms with Crippen LogP contribution in [0.4, 0.5) is 0 Å². The van der Waals surface area contributed by atoms with Crippen LogP contribution < -0.4 is 0 Å². The quantitative estimate of drug-likeness (QED) is 0.690. The van der Waals surface area contributed by atoms with Crippen molar-refractivity contribution in [1.29, 1.82) is 0 Å². The van der Waals surface area contributed by atoms with E-state index in [1.165, 1.54) is 0 Å². The highest BCUT2D eigenvalue weighted by atomic mass is 32.2. The van der Waals surface area contributed by atoms with Crippen LogP contribution >= 0.6 is 0 Å². The third-order valence-electron chi connectivity index (χ3n) is 4.36. The highest BCUT2D eigenvalue weighted by molar-refractivity contribution is 7.88. The van der Waals surface area contributed by atoms with Crippen molar-refractivity contribution >= 4 is 10.1 Å². The lowest BCUT2D eigenvalue weighted by Crippen LogP contribution is -2.44. The van der Waals surface area contributed by atoms with Gasteiger partial charge in [0, 0.05) is 5.92 Å². The molecule has 3 unspecified atom stereocenters. The van der Waals surface area contributed by atoms with E-state index in [2.05, 4.69) is 0 Å². The van der Waals surface area contributed by atoms with E-state index < -0.39 is 20.5 Å². The highest BCUT2D eigenvalue weighted by Gasteiger charge is 2.61. The summed E-state index contributed by atoms with van der Waals surface area (Å²) in [5.74, 6) is 0.115. The van der Waals surface area contributed by atoms with Crippen molar-refractivity contribution in [3.05, 3.63) is 0 Å². The average molecular weight is 234 g/mol. The molecule has 0 radical (unpaired) electrons. The maximum atomic E-state index is 12.1. The Labute approximate surface area is 93.3 Å². The predicted octanol–water partition coefficient (Wildman–Crippen LogP) is 2.57.